The van der Waals surface area contributed by atoms with Gasteiger partial charge in [0.1, 0.15) is 6.61 Å². The van der Waals surface area contributed by atoms with Gasteiger partial charge in [-0.2, -0.15) is 0 Å². The van der Waals surface area contributed by atoms with Gasteiger partial charge in [-0.3, -0.25) is 10.1 Å². The standard InChI is InChI=1S/C21H19N3O4/c1-27-8-9-28-21(26)23-14-7-6-13-10-16(20(25)24-19(13)11-14)17-12-22-18-5-3-2-4-15(17)18/h2-7,10-12,22H,8-9H2,1H3,(H,23,26)(H,24,25). The lowest BCUT2D eigenvalue weighted by molar-refractivity contribution is 0.107. The zero-order valence-corrected chi connectivity index (χ0v) is 15.2. The number of H-pyrrole nitrogens is 2. The average molecular weight is 377 g/mol. The van der Waals surface area contributed by atoms with Crippen LogP contribution >= 0.6 is 0 Å². The molecule has 0 radical (unpaired) electrons. The summed E-state index contributed by atoms with van der Waals surface area (Å²) in [5.41, 5.74) is 3.38. The zero-order chi connectivity index (χ0) is 19.5. The predicted molar refractivity (Wildman–Crippen MR) is 109 cm³/mol. The van der Waals surface area contributed by atoms with Gasteiger partial charge in [0.25, 0.3) is 5.56 Å². The van der Waals surface area contributed by atoms with Gasteiger partial charge in [-0.1, -0.05) is 24.3 Å². The molecule has 0 unspecified atom stereocenters. The lowest BCUT2D eigenvalue weighted by Gasteiger charge is -2.08. The van der Waals surface area contributed by atoms with Crippen LogP contribution in [0.1, 0.15) is 0 Å². The molecule has 2 aromatic heterocycles. The maximum Gasteiger partial charge on any atom is 0.411 e. The quantitative estimate of drug-likeness (QED) is 0.460. The Morgan fingerprint density at radius 3 is 2.75 bits per heavy atom. The molecule has 4 rings (SSSR count). The van der Waals surface area contributed by atoms with Crippen LogP contribution in [0.4, 0.5) is 10.5 Å². The number of carbonyl (C=O) groups excluding carboxylic acids is 1. The molecule has 0 atom stereocenters. The first-order valence-electron chi connectivity index (χ1n) is 8.82. The van der Waals surface area contributed by atoms with Gasteiger partial charge < -0.3 is 19.4 Å². The molecular formula is C21H19N3O4. The van der Waals surface area contributed by atoms with Crippen LogP contribution in [-0.4, -0.2) is 36.4 Å². The van der Waals surface area contributed by atoms with Crippen LogP contribution in [0.3, 0.4) is 0 Å². The predicted octanol–water partition coefficient (Wildman–Crippen LogP) is 3.87. The van der Waals surface area contributed by atoms with Crippen molar-refractivity contribution in [2.24, 2.45) is 0 Å². The number of hydrogen-bond acceptors (Lipinski definition) is 4. The zero-order valence-electron chi connectivity index (χ0n) is 15.2. The smallest absolute Gasteiger partial charge is 0.411 e. The van der Waals surface area contributed by atoms with Gasteiger partial charge in [0.05, 0.1) is 12.1 Å². The van der Waals surface area contributed by atoms with E-state index in [1.165, 1.54) is 7.11 Å². The number of amides is 1. The third kappa shape index (κ3) is 3.47. The second-order valence-corrected chi connectivity index (χ2v) is 6.32. The Bertz CT molecular complexity index is 1210. The molecule has 7 nitrogen and oxygen atoms in total. The number of ether oxygens (including phenoxy) is 2. The van der Waals surface area contributed by atoms with Crippen molar-refractivity contribution in [3.05, 3.63) is 65.1 Å². The van der Waals surface area contributed by atoms with E-state index in [2.05, 4.69) is 15.3 Å². The van der Waals surface area contributed by atoms with E-state index in [4.69, 9.17) is 9.47 Å². The van der Waals surface area contributed by atoms with Gasteiger partial charge in [-0.05, 0) is 29.7 Å². The van der Waals surface area contributed by atoms with Gasteiger partial charge in [-0.15, -0.1) is 0 Å². The van der Waals surface area contributed by atoms with E-state index in [0.717, 1.165) is 21.9 Å². The highest BCUT2D eigenvalue weighted by molar-refractivity contribution is 5.98. The van der Waals surface area contributed by atoms with E-state index in [1.54, 1.807) is 12.1 Å². The number of aromatic amines is 2. The summed E-state index contributed by atoms with van der Waals surface area (Å²) in [6, 6.07) is 15.0. The first-order chi connectivity index (χ1) is 13.7. The summed E-state index contributed by atoms with van der Waals surface area (Å²) >= 11 is 0. The molecule has 0 saturated heterocycles. The van der Waals surface area contributed by atoms with E-state index in [1.807, 2.05) is 42.6 Å². The van der Waals surface area contributed by atoms with E-state index < -0.39 is 6.09 Å². The Morgan fingerprint density at radius 1 is 1.04 bits per heavy atom. The Labute approximate surface area is 160 Å². The highest BCUT2D eigenvalue weighted by Gasteiger charge is 2.11. The first-order valence-corrected chi connectivity index (χ1v) is 8.82. The Kier molecular flexibility index (Phi) is 4.82. The maximum absolute atomic E-state index is 12.7. The minimum atomic E-state index is -0.575. The van der Waals surface area contributed by atoms with Crippen LogP contribution in [0, 0.1) is 0 Å². The molecule has 4 aromatic rings. The molecule has 0 fully saturated rings. The molecule has 0 aliphatic rings. The molecule has 0 bridgehead atoms. The largest absolute Gasteiger partial charge is 0.447 e. The van der Waals surface area contributed by atoms with Crippen molar-refractivity contribution in [3.8, 4) is 11.1 Å². The number of nitrogens with one attached hydrogen (secondary N) is 3. The Balaban J connectivity index is 1.65. The van der Waals surface area contributed by atoms with Crippen LogP contribution in [0.25, 0.3) is 32.9 Å². The highest BCUT2D eigenvalue weighted by Crippen LogP contribution is 2.28. The van der Waals surface area contributed by atoms with Crippen LogP contribution in [0.15, 0.2) is 59.5 Å². The Morgan fingerprint density at radius 2 is 1.89 bits per heavy atom. The fourth-order valence-corrected chi connectivity index (χ4v) is 3.14. The molecule has 2 heterocycles. The highest BCUT2D eigenvalue weighted by atomic mass is 16.6. The molecule has 0 aliphatic heterocycles. The third-order valence-electron chi connectivity index (χ3n) is 4.49. The number of hydrogen-bond donors (Lipinski definition) is 3. The molecular weight excluding hydrogens is 358 g/mol. The number of pyridine rings is 1. The van der Waals surface area contributed by atoms with Crippen molar-refractivity contribution in [1.29, 1.82) is 0 Å². The molecule has 3 N–H and O–H groups in total. The van der Waals surface area contributed by atoms with E-state index in [0.29, 0.717) is 23.4 Å². The number of anilines is 1. The number of para-hydroxylation sites is 1. The number of carbonyl (C=O) groups is 1. The van der Waals surface area contributed by atoms with Crippen LogP contribution in [-0.2, 0) is 9.47 Å². The van der Waals surface area contributed by atoms with E-state index >= 15 is 0 Å². The summed E-state index contributed by atoms with van der Waals surface area (Å²) in [5, 5.41) is 4.48. The molecule has 0 spiro atoms. The number of benzene rings is 2. The molecule has 1 amide bonds. The summed E-state index contributed by atoms with van der Waals surface area (Å²) in [6.07, 6.45) is 1.27. The molecule has 2 aromatic carbocycles. The topological polar surface area (TPSA) is 96.2 Å². The number of methoxy groups -OCH3 is 1. The number of aromatic nitrogens is 2. The van der Waals surface area contributed by atoms with Crippen LogP contribution in [0.2, 0.25) is 0 Å². The normalized spacial score (nSPS) is 11.0. The van der Waals surface area contributed by atoms with Crippen molar-refractivity contribution >= 4 is 33.6 Å². The third-order valence-corrected chi connectivity index (χ3v) is 4.49. The SMILES string of the molecule is COCCOC(=O)Nc1ccc2cc(-c3c[nH]c4ccccc34)c(=O)[nH]c2c1. The van der Waals surface area contributed by atoms with Crippen molar-refractivity contribution < 1.29 is 14.3 Å². The Hall–Kier alpha value is -3.58. The van der Waals surface area contributed by atoms with Crippen LogP contribution in [0.5, 0.6) is 0 Å². The maximum atomic E-state index is 12.7. The van der Waals surface area contributed by atoms with Gasteiger partial charge in [-0.25, -0.2) is 4.79 Å². The van der Waals surface area contributed by atoms with Gasteiger partial charge in [0.2, 0.25) is 0 Å². The average Bonchev–Trinajstić information content (AvgIpc) is 3.11. The lowest BCUT2D eigenvalue weighted by Crippen LogP contribution is -2.16. The summed E-state index contributed by atoms with van der Waals surface area (Å²) in [6.45, 7) is 0.496. The molecule has 142 valence electrons. The molecule has 28 heavy (non-hydrogen) atoms. The number of rotatable bonds is 5. The van der Waals surface area contributed by atoms with Crippen molar-refractivity contribution in [3.63, 3.8) is 0 Å². The minimum Gasteiger partial charge on any atom is -0.447 e. The van der Waals surface area contributed by atoms with Gasteiger partial charge >= 0.3 is 6.09 Å². The summed E-state index contributed by atoms with van der Waals surface area (Å²) in [7, 11) is 1.53. The van der Waals surface area contributed by atoms with Crippen molar-refractivity contribution in [2.45, 2.75) is 0 Å². The second kappa shape index (κ2) is 7.58. The summed E-state index contributed by atoms with van der Waals surface area (Å²) < 4.78 is 9.82. The fourth-order valence-electron chi connectivity index (χ4n) is 3.14. The first kappa shape index (κ1) is 17.8. The van der Waals surface area contributed by atoms with Crippen LogP contribution < -0.4 is 10.9 Å². The minimum absolute atomic E-state index is 0.167. The van der Waals surface area contributed by atoms with Gasteiger partial charge in [0.15, 0.2) is 0 Å². The van der Waals surface area contributed by atoms with E-state index in [9.17, 15) is 9.59 Å². The number of fused-ring (bicyclic) bond motifs is 2. The molecule has 0 aliphatic carbocycles. The molecule has 7 heteroatoms. The van der Waals surface area contributed by atoms with Crippen molar-refractivity contribution in [1.82, 2.24) is 9.97 Å². The lowest BCUT2D eigenvalue weighted by atomic mass is 10.0. The second-order valence-electron chi connectivity index (χ2n) is 6.32. The fraction of sp³-hybridized carbons (Fsp3) is 0.143. The van der Waals surface area contributed by atoms with Gasteiger partial charge in [0, 0.05) is 41.0 Å². The molecule has 0 saturated carbocycles. The summed E-state index contributed by atoms with van der Waals surface area (Å²) in [5.74, 6) is 0. The van der Waals surface area contributed by atoms with E-state index in [-0.39, 0.29) is 12.2 Å². The van der Waals surface area contributed by atoms with Crippen molar-refractivity contribution in [2.75, 3.05) is 25.6 Å². The monoisotopic (exact) mass is 377 g/mol. The summed E-state index contributed by atoms with van der Waals surface area (Å²) in [4.78, 5) is 30.5.